The van der Waals surface area contributed by atoms with Crippen LogP contribution in [0.5, 0.6) is 0 Å². The van der Waals surface area contributed by atoms with Crippen molar-refractivity contribution in [2.75, 3.05) is 0 Å². The largest absolute Gasteiger partial charge is 1.00 e. The van der Waals surface area contributed by atoms with Gasteiger partial charge in [-0.15, -0.1) is 0 Å². The SMILES string of the molecule is CC(C)C(=Nc1c(C(C)C)cccc1C(C)C)c1cccnc1.CC(C)[C]([Co+2])=Nc1c(C(C)C)cccc1C(C)C.[Cl-].[Cl-]. The molecule has 238 valence electrons. The van der Waals surface area contributed by atoms with E-state index >= 15 is 0 Å². The molecule has 0 aliphatic carbocycles. The van der Waals surface area contributed by atoms with Crippen LogP contribution in [0.1, 0.15) is 135 Å². The molecule has 0 saturated carbocycles. The zero-order valence-corrected chi connectivity index (χ0v) is 30.7. The van der Waals surface area contributed by atoms with Gasteiger partial charge in [0.2, 0.25) is 0 Å². The van der Waals surface area contributed by atoms with Crippen molar-refractivity contribution in [3.8, 4) is 0 Å². The van der Waals surface area contributed by atoms with Crippen LogP contribution < -0.4 is 24.8 Å². The number of pyridine rings is 1. The van der Waals surface area contributed by atoms with Gasteiger partial charge in [0, 0.05) is 18.0 Å². The van der Waals surface area contributed by atoms with Gasteiger partial charge in [-0.25, -0.2) is 0 Å². The number of para-hydroxylation sites is 2. The van der Waals surface area contributed by atoms with Crippen molar-refractivity contribution < 1.29 is 40.6 Å². The van der Waals surface area contributed by atoms with Gasteiger partial charge in [0.05, 0.1) is 11.4 Å². The van der Waals surface area contributed by atoms with E-state index in [4.69, 9.17) is 9.98 Å². The number of hydrogen-bond acceptors (Lipinski definition) is 3. The fraction of sp³-hybridized carbons (Fsp3) is 0.486. The Morgan fingerprint density at radius 3 is 1.26 bits per heavy atom. The number of nitrogens with zero attached hydrogens (tertiary/aromatic N) is 3. The summed E-state index contributed by atoms with van der Waals surface area (Å²) < 4.78 is 0.900. The third-order valence-corrected chi connectivity index (χ3v) is 7.80. The zero-order chi connectivity index (χ0) is 30.9. The molecule has 1 heterocycles. The van der Waals surface area contributed by atoms with E-state index < -0.39 is 0 Å². The minimum Gasteiger partial charge on any atom is -1.00 e. The molecular formula is C37H52Cl2CoN3. The van der Waals surface area contributed by atoms with Crippen LogP contribution in [0, 0.1) is 11.8 Å². The quantitative estimate of drug-likeness (QED) is 0.286. The summed E-state index contributed by atoms with van der Waals surface area (Å²) in [5, 5.41) is 0. The Kier molecular flexibility index (Phi) is 18.5. The van der Waals surface area contributed by atoms with Crippen molar-refractivity contribution in [2.45, 2.75) is 107 Å². The molecule has 43 heavy (non-hydrogen) atoms. The molecule has 1 aromatic heterocycles. The number of hydrogen-bond donors (Lipinski definition) is 0. The van der Waals surface area contributed by atoms with Gasteiger partial charge < -0.3 is 24.8 Å². The number of aromatic nitrogens is 1. The number of rotatable bonds is 9. The van der Waals surface area contributed by atoms with Gasteiger partial charge in [-0.2, -0.15) is 0 Å². The van der Waals surface area contributed by atoms with Gasteiger partial charge in [0.25, 0.3) is 0 Å². The normalized spacial score (nSPS) is 12.1. The van der Waals surface area contributed by atoms with Crippen LogP contribution in [-0.2, 0) is 15.7 Å². The van der Waals surface area contributed by atoms with E-state index in [0.717, 1.165) is 27.3 Å². The molecule has 0 amide bonds. The maximum Gasteiger partial charge on any atom is -1.00 e. The Morgan fingerprint density at radius 1 is 0.558 bits per heavy atom. The molecule has 6 heteroatoms. The Morgan fingerprint density at radius 2 is 0.953 bits per heavy atom. The monoisotopic (exact) mass is 667 g/mol. The standard InChI is InChI=1S/C21H28N2.C16H24N.2ClH.Co/c1-14(2)18-10-7-11-19(15(3)4)21(18)23-20(16(5)6)17-9-8-12-22-13-17;1-11(2)10-17-16-14(12(3)4)8-7-9-15(16)13(5)6;;;/h7-16H,1-6H3;7-9,11-13H,1-6H3;2*1H;/q;;;;+2/p-2. The first-order valence-electron chi connectivity index (χ1n) is 15.2. The van der Waals surface area contributed by atoms with Crippen molar-refractivity contribution in [3.63, 3.8) is 0 Å². The molecule has 3 nitrogen and oxygen atoms in total. The van der Waals surface area contributed by atoms with Crippen LogP contribution in [0.25, 0.3) is 0 Å². The first kappa shape index (κ1) is 41.0. The molecule has 3 rings (SSSR count). The smallest absolute Gasteiger partial charge is 1.00 e. The third-order valence-electron chi connectivity index (χ3n) is 7.09. The predicted octanol–water partition coefficient (Wildman–Crippen LogP) is 5.28. The Hall–Kier alpha value is -1.98. The molecule has 0 aliphatic heterocycles. The fourth-order valence-corrected chi connectivity index (χ4v) is 4.79. The van der Waals surface area contributed by atoms with Crippen LogP contribution in [0.2, 0.25) is 0 Å². The van der Waals surface area contributed by atoms with E-state index in [1.54, 1.807) is 0 Å². The first-order chi connectivity index (χ1) is 19.3. The average Bonchev–Trinajstić information content (AvgIpc) is 2.91. The summed E-state index contributed by atoms with van der Waals surface area (Å²) in [4.78, 5) is 14.2. The summed E-state index contributed by atoms with van der Waals surface area (Å²) in [6.45, 7) is 26.4. The molecule has 0 N–H and O–H groups in total. The van der Waals surface area contributed by atoms with Crippen molar-refractivity contribution in [3.05, 3.63) is 88.7 Å². The zero-order valence-electron chi connectivity index (χ0n) is 28.2. The molecular weight excluding hydrogens is 616 g/mol. The van der Waals surface area contributed by atoms with Crippen LogP contribution >= 0.6 is 0 Å². The molecule has 0 aliphatic rings. The van der Waals surface area contributed by atoms with Crippen LogP contribution in [0.3, 0.4) is 0 Å². The second-order valence-electron chi connectivity index (χ2n) is 12.6. The fourth-order valence-electron chi connectivity index (χ4n) is 4.67. The topological polar surface area (TPSA) is 37.6 Å². The second-order valence-corrected chi connectivity index (χ2v) is 13.2. The molecule has 0 bridgehead atoms. The minimum atomic E-state index is 0. The van der Waals surface area contributed by atoms with E-state index in [1.165, 1.54) is 22.3 Å². The van der Waals surface area contributed by atoms with E-state index in [-0.39, 0.29) is 24.8 Å². The van der Waals surface area contributed by atoms with Gasteiger partial charge in [-0.05, 0) is 34.9 Å². The Bertz CT molecular complexity index is 1260. The van der Waals surface area contributed by atoms with E-state index in [2.05, 4.69) is 146 Å². The maximum absolute atomic E-state index is 5.15. The Balaban J connectivity index is 0.000000806. The summed E-state index contributed by atoms with van der Waals surface area (Å²) in [6.07, 6.45) is 3.72. The predicted molar refractivity (Wildman–Crippen MR) is 176 cm³/mol. The molecule has 0 fully saturated rings. The molecule has 0 unspecified atom stereocenters. The molecule has 0 radical (unpaired) electrons. The van der Waals surface area contributed by atoms with E-state index in [0.29, 0.717) is 35.5 Å². The molecule has 2 aromatic carbocycles. The summed E-state index contributed by atoms with van der Waals surface area (Å²) >= 11 is 4.57. The molecule has 0 spiro atoms. The average molecular weight is 669 g/mol. The number of aliphatic imine (C=N–C) groups is 2. The van der Waals surface area contributed by atoms with Crippen molar-refractivity contribution in [1.29, 1.82) is 0 Å². The number of halogens is 2. The van der Waals surface area contributed by atoms with Crippen molar-refractivity contribution in [2.24, 2.45) is 21.8 Å². The summed E-state index contributed by atoms with van der Waals surface area (Å²) in [5.41, 5.74) is 9.74. The van der Waals surface area contributed by atoms with Gasteiger partial charge in [-0.3, -0.25) is 9.98 Å². The van der Waals surface area contributed by atoms with Gasteiger partial charge in [0.15, 0.2) is 0 Å². The summed E-state index contributed by atoms with van der Waals surface area (Å²) in [6, 6.07) is 17.1. The first-order valence-corrected chi connectivity index (χ1v) is 15.7. The van der Waals surface area contributed by atoms with Crippen LogP contribution in [-0.4, -0.2) is 15.3 Å². The van der Waals surface area contributed by atoms with Gasteiger partial charge in [0.1, 0.15) is 0 Å². The summed E-state index contributed by atoms with van der Waals surface area (Å²) in [5.74, 6) is 2.58. The van der Waals surface area contributed by atoms with Gasteiger partial charge >= 0.3 is 120 Å². The van der Waals surface area contributed by atoms with E-state index in [1.807, 2.05) is 18.5 Å². The molecule has 0 saturated heterocycles. The van der Waals surface area contributed by atoms with Crippen LogP contribution in [0.4, 0.5) is 11.4 Å². The second kappa shape index (κ2) is 19.4. The Labute approximate surface area is 283 Å². The number of benzene rings is 2. The minimum absolute atomic E-state index is 0. The van der Waals surface area contributed by atoms with Crippen LogP contribution in [0.15, 0.2) is 70.9 Å². The van der Waals surface area contributed by atoms with Crippen molar-refractivity contribution in [1.82, 2.24) is 4.98 Å². The third kappa shape index (κ3) is 11.8. The summed E-state index contributed by atoms with van der Waals surface area (Å²) in [7, 11) is 0. The van der Waals surface area contributed by atoms with Gasteiger partial charge in [-0.1, -0.05) is 65.8 Å². The molecule has 0 atom stereocenters. The maximum atomic E-state index is 5.15. The van der Waals surface area contributed by atoms with Crippen molar-refractivity contribution >= 4 is 21.7 Å². The van der Waals surface area contributed by atoms with E-state index in [9.17, 15) is 0 Å². The molecule has 3 aromatic rings.